The van der Waals surface area contributed by atoms with Crippen LogP contribution in [-0.4, -0.2) is 44.3 Å². The van der Waals surface area contributed by atoms with E-state index in [9.17, 15) is 18.0 Å². The van der Waals surface area contributed by atoms with Gasteiger partial charge in [0.15, 0.2) is 9.84 Å². The molecule has 1 fully saturated rings. The van der Waals surface area contributed by atoms with Gasteiger partial charge in [0.1, 0.15) is 6.54 Å². The van der Waals surface area contributed by atoms with E-state index >= 15 is 0 Å². The molecule has 1 N–H and O–H groups in total. The summed E-state index contributed by atoms with van der Waals surface area (Å²) >= 11 is 0. The van der Waals surface area contributed by atoms with Crippen LogP contribution in [-0.2, 0) is 24.8 Å². The van der Waals surface area contributed by atoms with Gasteiger partial charge < -0.3 is 10.2 Å². The Morgan fingerprint density at radius 2 is 1.88 bits per heavy atom. The van der Waals surface area contributed by atoms with Crippen LogP contribution in [0.25, 0.3) is 0 Å². The van der Waals surface area contributed by atoms with Crippen LogP contribution in [0, 0.1) is 0 Å². The summed E-state index contributed by atoms with van der Waals surface area (Å²) in [5, 5.41) is 2.74. The van der Waals surface area contributed by atoms with Gasteiger partial charge >= 0.3 is 0 Å². The zero-order valence-electron chi connectivity index (χ0n) is 15.2. The zero-order chi connectivity index (χ0) is 18.8. The molecule has 0 bridgehead atoms. The number of nitrogens with one attached hydrogen (secondary N) is 1. The van der Waals surface area contributed by atoms with Gasteiger partial charge in [0.2, 0.25) is 11.8 Å². The van der Waals surface area contributed by atoms with E-state index in [1.54, 1.807) is 0 Å². The van der Waals surface area contributed by atoms with Crippen molar-refractivity contribution in [1.29, 1.82) is 0 Å². The minimum atomic E-state index is -3.06. The van der Waals surface area contributed by atoms with E-state index in [0.717, 1.165) is 5.56 Å². The van der Waals surface area contributed by atoms with Crippen molar-refractivity contribution in [1.82, 2.24) is 5.32 Å². The van der Waals surface area contributed by atoms with Gasteiger partial charge in [-0.2, -0.15) is 0 Å². The molecule has 0 radical (unpaired) electrons. The number of sulfone groups is 1. The minimum absolute atomic E-state index is 0.0304. The van der Waals surface area contributed by atoms with Gasteiger partial charge in [-0.1, -0.05) is 39.0 Å². The van der Waals surface area contributed by atoms with Gasteiger partial charge in [-0.3, -0.25) is 9.59 Å². The summed E-state index contributed by atoms with van der Waals surface area (Å²) in [6.07, 6.45) is 0.423. The number of hydrogen-bond donors (Lipinski definition) is 1. The van der Waals surface area contributed by atoms with Crippen molar-refractivity contribution in [2.24, 2.45) is 0 Å². The maximum Gasteiger partial charge on any atom is 0.240 e. The Morgan fingerprint density at radius 1 is 1.24 bits per heavy atom. The lowest BCUT2D eigenvalue weighted by atomic mass is 9.85. The molecular weight excluding hydrogens is 340 g/mol. The molecule has 7 heteroatoms. The molecule has 1 saturated heterocycles. The molecule has 1 aromatic rings. The van der Waals surface area contributed by atoms with E-state index in [1.807, 2.05) is 45.0 Å². The summed E-state index contributed by atoms with van der Waals surface area (Å²) in [7, 11) is -3.06. The average Bonchev–Trinajstić information content (AvgIpc) is 2.82. The normalized spacial score (nSPS) is 19.4. The van der Waals surface area contributed by atoms with Crippen LogP contribution in [0.5, 0.6) is 0 Å². The highest BCUT2D eigenvalue weighted by Crippen LogP contribution is 2.31. The largest absolute Gasteiger partial charge is 0.351 e. The fourth-order valence-corrected chi connectivity index (χ4v) is 4.71. The lowest BCUT2D eigenvalue weighted by molar-refractivity contribution is -0.123. The predicted molar refractivity (Wildman–Crippen MR) is 98.4 cm³/mol. The second kappa shape index (κ2) is 7.15. The number of hydrogen-bond acceptors (Lipinski definition) is 4. The van der Waals surface area contributed by atoms with Crippen LogP contribution < -0.4 is 10.2 Å². The van der Waals surface area contributed by atoms with Gasteiger partial charge in [0.25, 0.3) is 0 Å². The zero-order valence-corrected chi connectivity index (χ0v) is 16.0. The smallest absolute Gasteiger partial charge is 0.240 e. The third-order valence-corrected chi connectivity index (χ3v) is 6.05. The SMILES string of the molecule is CC(=O)N(CC(=O)NC1CCS(=O)(=O)C1)c1ccccc1C(C)(C)C. The Labute approximate surface area is 149 Å². The third-order valence-electron chi connectivity index (χ3n) is 4.28. The van der Waals surface area contributed by atoms with Crippen LogP contribution in [0.3, 0.4) is 0 Å². The molecule has 1 aliphatic rings. The number of carbonyl (C=O) groups is 2. The van der Waals surface area contributed by atoms with E-state index in [-0.39, 0.29) is 41.3 Å². The number of amides is 2. The van der Waals surface area contributed by atoms with Crippen molar-refractivity contribution < 1.29 is 18.0 Å². The molecule has 2 amide bonds. The number of nitrogens with zero attached hydrogens (tertiary/aromatic N) is 1. The molecule has 1 heterocycles. The van der Waals surface area contributed by atoms with Gasteiger partial charge in [-0.05, 0) is 23.5 Å². The Balaban J connectivity index is 2.17. The van der Waals surface area contributed by atoms with Crippen LogP contribution in [0.2, 0.25) is 0 Å². The molecule has 6 nitrogen and oxygen atoms in total. The number of carbonyl (C=O) groups excluding carboxylic acids is 2. The van der Waals surface area contributed by atoms with E-state index < -0.39 is 9.84 Å². The first-order chi connectivity index (χ1) is 11.5. The minimum Gasteiger partial charge on any atom is -0.351 e. The molecular formula is C18H26N2O4S. The molecule has 0 spiro atoms. The van der Waals surface area contributed by atoms with E-state index in [4.69, 9.17) is 0 Å². The predicted octanol–water partition coefficient (Wildman–Crippen LogP) is 1.64. The molecule has 1 aliphatic heterocycles. The quantitative estimate of drug-likeness (QED) is 0.878. The monoisotopic (exact) mass is 366 g/mol. The molecule has 25 heavy (non-hydrogen) atoms. The van der Waals surface area contributed by atoms with Crippen LogP contribution >= 0.6 is 0 Å². The van der Waals surface area contributed by atoms with Crippen LogP contribution in [0.1, 0.15) is 39.7 Å². The van der Waals surface area contributed by atoms with Crippen molar-refractivity contribution in [3.05, 3.63) is 29.8 Å². The Bertz CT molecular complexity index is 766. The Kier molecular flexibility index (Phi) is 5.56. The van der Waals surface area contributed by atoms with Crippen molar-refractivity contribution in [3.63, 3.8) is 0 Å². The van der Waals surface area contributed by atoms with Crippen molar-refractivity contribution >= 4 is 27.3 Å². The molecule has 0 saturated carbocycles. The number of para-hydroxylation sites is 1. The lowest BCUT2D eigenvalue weighted by Crippen LogP contribution is -2.44. The molecule has 138 valence electrons. The number of rotatable bonds is 4. The van der Waals surface area contributed by atoms with E-state index in [2.05, 4.69) is 5.32 Å². The molecule has 0 aromatic heterocycles. The highest BCUT2D eigenvalue weighted by Gasteiger charge is 2.30. The summed E-state index contributed by atoms with van der Waals surface area (Å²) < 4.78 is 23.0. The fraction of sp³-hybridized carbons (Fsp3) is 0.556. The summed E-state index contributed by atoms with van der Waals surface area (Å²) in [6, 6.07) is 7.15. The fourth-order valence-electron chi connectivity index (χ4n) is 3.04. The molecule has 0 aliphatic carbocycles. The second-order valence-electron chi connectivity index (χ2n) is 7.54. The first-order valence-corrected chi connectivity index (χ1v) is 10.2. The first-order valence-electron chi connectivity index (χ1n) is 8.37. The maximum atomic E-state index is 12.4. The van der Waals surface area contributed by atoms with Gasteiger partial charge in [0, 0.05) is 18.7 Å². The maximum absolute atomic E-state index is 12.4. The summed E-state index contributed by atoms with van der Waals surface area (Å²) in [5.74, 6) is -0.509. The Morgan fingerprint density at radius 3 is 2.40 bits per heavy atom. The van der Waals surface area contributed by atoms with Crippen molar-refractivity contribution in [2.45, 2.75) is 45.6 Å². The third kappa shape index (κ3) is 5.04. The topological polar surface area (TPSA) is 83.6 Å². The van der Waals surface area contributed by atoms with Crippen molar-refractivity contribution in [3.8, 4) is 0 Å². The van der Waals surface area contributed by atoms with E-state index in [1.165, 1.54) is 11.8 Å². The van der Waals surface area contributed by atoms with Crippen LogP contribution in [0.4, 0.5) is 5.69 Å². The lowest BCUT2D eigenvalue weighted by Gasteiger charge is -2.29. The van der Waals surface area contributed by atoms with Gasteiger partial charge in [-0.15, -0.1) is 0 Å². The van der Waals surface area contributed by atoms with Gasteiger partial charge in [0.05, 0.1) is 11.5 Å². The Hall–Kier alpha value is -1.89. The van der Waals surface area contributed by atoms with Gasteiger partial charge in [-0.25, -0.2) is 8.42 Å². The number of anilines is 1. The first kappa shape index (κ1) is 19.4. The summed E-state index contributed by atoms with van der Waals surface area (Å²) in [6.45, 7) is 7.44. The highest BCUT2D eigenvalue weighted by atomic mass is 32.2. The van der Waals surface area contributed by atoms with Crippen LogP contribution in [0.15, 0.2) is 24.3 Å². The summed E-state index contributed by atoms with van der Waals surface area (Å²) in [4.78, 5) is 26.0. The molecule has 1 unspecified atom stereocenters. The summed E-state index contributed by atoms with van der Waals surface area (Å²) in [5.41, 5.74) is 1.50. The molecule has 2 rings (SSSR count). The standard InChI is InChI=1S/C18H26N2O4S/c1-13(21)20(16-8-6-5-7-15(16)18(2,3)4)11-17(22)19-14-9-10-25(23,24)12-14/h5-8,14H,9-12H2,1-4H3,(H,19,22). The second-order valence-corrected chi connectivity index (χ2v) is 9.77. The number of benzene rings is 1. The van der Waals surface area contributed by atoms with E-state index in [0.29, 0.717) is 12.1 Å². The molecule has 1 atom stereocenters. The molecule has 1 aromatic carbocycles. The highest BCUT2D eigenvalue weighted by molar-refractivity contribution is 7.91. The van der Waals surface area contributed by atoms with Crippen molar-refractivity contribution in [2.75, 3.05) is 23.0 Å². The average molecular weight is 366 g/mol.